The van der Waals surface area contributed by atoms with Crippen LogP contribution in [0.2, 0.25) is 0 Å². The molecule has 0 aliphatic carbocycles. The highest BCUT2D eigenvalue weighted by atomic mass is 32.1. The summed E-state index contributed by atoms with van der Waals surface area (Å²) in [5, 5.41) is 8.10. The number of aromatic nitrogens is 3. The van der Waals surface area contributed by atoms with E-state index in [0.717, 1.165) is 44.7 Å². The Bertz CT molecular complexity index is 2680. The molecule has 3 saturated heterocycles. The fraction of sp³-hybridized carbons (Fsp3) is 0.558. The maximum atomic E-state index is 14.7. The Kier molecular flexibility index (Phi) is 15.4. The first kappa shape index (κ1) is 50.6. The van der Waals surface area contributed by atoms with Crippen LogP contribution in [0.25, 0.3) is 33.4 Å². The predicted octanol–water partition coefficient (Wildman–Crippen LogP) is 5.19. The van der Waals surface area contributed by atoms with E-state index in [4.69, 9.17) is 19.4 Å². The molecule has 0 radical (unpaired) electrons. The van der Waals surface area contributed by atoms with Crippen molar-refractivity contribution in [1.29, 1.82) is 0 Å². The van der Waals surface area contributed by atoms with Crippen molar-refractivity contribution in [2.75, 3.05) is 60.0 Å². The van der Waals surface area contributed by atoms with Gasteiger partial charge in [0.2, 0.25) is 11.8 Å². The topological polar surface area (TPSA) is 172 Å². The van der Waals surface area contributed by atoms with Crippen LogP contribution in [0.4, 0.5) is 4.39 Å². The monoisotopic (exact) mass is 979 g/mol. The molecule has 5 atom stereocenters. The lowest BCUT2D eigenvalue weighted by molar-refractivity contribution is -0.155. The second-order valence-corrected chi connectivity index (χ2v) is 21.2. The van der Waals surface area contributed by atoms with Crippen LogP contribution in [0.15, 0.2) is 41.9 Å². The Morgan fingerprint density at radius 3 is 2.63 bits per heavy atom. The number of thiazole rings is 1. The van der Waals surface area contributed by atoms with E-state index >= 15 is 0 Å². The minimum atomic E-state index is -1.09. The van der Waals surface area contributed by atoms with Crippen molar-refractivity contribution >= 4 is 51.8 Å². The number of likely N-dealkylation sites (N-methyl/N-ethyl adjacent to an activating group) is 1. The number of rotatable bonds is 10. The molecule has 16 nitrogen and oxygen atoms in total. The highest BCUT2D eigenvalue weighted by molar-refractivity contribution is 7.10. The number of amides is 4. The van der Waals surface area contributed by atoms with Crippen molar-refractivity contribution in [3.8, 4) is 34.4 Å². The normalized spacial score (nSPS) is 21.9. The van der Waals surface area contributed by atoms with E-state index in [-0.39, 0.29) is 50.6 Å². The number of hydrogen-bond acceptors (Lipinski definition) is 12. The smallest absolute Gasteiger partial charge is 0.324 e. The number of cyclic esters (lactones) is 1. The van der Waals surface area contributed by atoms with Crippen molar-refractivity contribution in [3.63, 3.8) is 0 Å². The van der Waals surface area contributed by atoms with Gasteiger partial charge < -0.3 is 29.2 Å². The first-order valence-electron chi connectivity index (χ1n) is 24.5. The Morgan fingerprint density at radius 1 is 1.11 bits per heavy atom. The number of benzene rings is 1. The van der Waals surface area contributed by atoms with E-state index in [1.165, 1.54) is 26.1 Å². The number of hydrogen-bond donors (Lipinski definition) is 2. The molecule has 0 saturated carbocycles. The third kappa shape index (κ3) is 10.8. The number of methoxy groups -OCH3 is 1. The summed E-state index contributed by atoms with van der Waals surface area (Å²) in [7, 11) is 3.30. The van der Waals surface area contributed by atoms with Crippen LogP contribution < -0.4 is 10.7 Å². The lowest BCUT2D eigenvalue weighted by atomic mass is 9.84. The highest BCUT2D eigenvalue weighted by Crippen LogP contribution is 2.42. The molecule has 7 heterocycles. The van der Waals surface area contributed by atoms with E-state index < -0.39 is 59.3 Å². The van der Waals surface area contributed by atoms with Crippen molar-refractivity contribution in [2.45, 2.75) is 111 Å². The van der Waals surface area contributed by atoms with Crippen molar-refractivity contribution < 1.29 is 37.8 Å². The number of fused-ring (bicyclic) bond motifs is 6. The van der Waals surface area contributed by atoms with Gasteiger partial charge in [-0.05, 0) is 87.7 Å². The maximum absolute atomic E-state index is 14.7. The van der Waals surface area contributed by atoms with Crippen LogP contribution in [-0.4, -0.2) is 148 Å². The minimum Gasteiger partial charge on any atom is -0.464 e. The molecule has 0 unspecified atom stereocenters. The molecule has 0 spiro atoms. The Morgan fingerprint density at radius 2 is 1.90 bits per heavy atom. The number of hydrazine groups is 1. The fourth-order valence-electron chi connectivity index (χ4n) is 10.2. The average molecular weight is 980 g/mol. The van der Waals surface area contributed by atoms with Gasteiger partial charge in [0.05, 0.1) is 60.4 Å². The van der Waals surface area contributed by atoms with Crippen molar-refractivity contribution in [3.05, 3.63) is 58.2 Å². The standard InChI is InChI=1S/C52H66FN9O7S/c1-9-61-42-17-16-33-23-37(42)38(47(61)36-13-10-19-54-45(36)32(4)68-8)25-52(5,6)30-69-51(67)39-14-11-21-62(57-39)50(66)40(24-43-55-41(33)29-70-43)56-48(64)46(31(2)3)58(7)49(65)34-18-22-59(26-34)20-12-15-44(63)60-27-35(53)28-60/h10,13,16-17,19,23,29,31-32,34-35,39-40,46,57H,9,11,14,18,20-22,24-28,30H2,1-8H3,(H,56,64)/t32-,34-,39-,40-,46-/m0/s1. The van der Waals surface area contributed by atoms with Gasteiger partial charge >= 0.3 is 5.97 Å². The molecular formula is C52H66FN9O7S. The fourth-order valence-corrected chi connectivity index (χ4v) is 11.1. The minimum absolute atomic E-state index is 0.0649. The van der Waals surface area contributed by atoms with E-state index in [9.17, 15) is 28.4 Å². The molecule has 374 valence electrons. The van der Waals surface area contributed by atoms with Crippen LogP contribution in [0.3, 0.4) is 0 Å². The van der Waals surface area contributed by atoms with E-state index in [0.29, 0.717) is 56.9 Å². The number of esters is 1. The van der Waals surface area contributed by atoms with Gasteiger partial charge in [-0.3, -0.25) is 38.9 Å². The number of nitrogens with zero attached hydrogens (tertiary/aromatic N) is 7. The molecule has 8 rings (SSSR count). The highest BCUT2D eigenvalue weighted by Gasteiger charge is 2.40. The number of carbonyl (C=O) groups excluding carboxylic acids is 5. The molecule has 3 aromatic heterocycles. The molecule has 4 aliphatic heterocycles. The van der Waals surface area contributed by atoms with Crippen molar-refractivity contribution in [2.24, 2.45) is 17.3 Å². The Hall–Kier alpha value is -5.74. The molecule has 1 aromatic carbocycles. The molecule has 6 bridgehead atoms. The molecule has 70 heavy (non-hydrogen) atoms. The average Bonchev–Trinajstić information content (AvgIpc) is 4.08. The number of halogens is 1. The van der Waals surface area contributed by atoms with Crippen LogP contribution in [0.5, 0.6) is 0 Å². The summed E-state index contributed by atoms with van der Waals surface area (Å²) < 4.78 is 27.5. The summed E-state index contributed by atoms with van der Waals surface area (Å²) in [5.74, 6) is 2.75. The quantitative estimate of drug-likeness (QED) is 0.158. The van der Waals surface area contributed by atoms with Crippen molar-refractivity contribution in [1.82, 2.24) is 45.0 Å². The van der Waals surface area contributed by atoms with Crippen LogP contribution in [0.1, 0.15) is 83.2 Å². The zero-order chi connectivity index (χ0) is 50.0. The molecule has 4 amide bonds. The first-order chi connectivity index (χ1) is 33.5. The summed E-state index contributed by atoms with van der Waals surface area (Å²) >= 11 is 1.40. The van der Waals surface area contributed by atoms with Crippen LogP contribution in [-0.2, 0) is 52.8 Å². The number of nitrogens with one attached hydrogen (secondary N) is 2. The largest absolute Gasteiger partial charge is 0.464 e. The van der Waals surface area contributed by atoms with Gasteiger partial charge in [-0.2, -0.15) is 0 Å². The van der Waals surface area contributed by atoms with E-state index in [2.05, 4.69) is 72.2 Å². The number of carbonyl (C=O) groups is 5. The van der Waals surface area contributed by atoms with Gasteiger partial charge in [-0.15, -0.1) is 11.3 Å². The number of likely N-dealkylation sites (tertiary alicyclic amines) is 2. The van der Waals surface area contributed by atoms with Gasteiger partial charge in [0.1, 0.15) is 24.3 Å². The maximum Gasteiger partial charge on any atom is 0.324 e. The summed E-state index contributed by atoms with van der Waals surface area (Å²) in [6.07, 6.45) is 2.70. The summed E-state index contributed by atoms with van der Waals surface area (Å²) in [6, 6.07) is 7.58. The van der Waals surface area contributed by atoms with Gasteiger partial charge in [-0.25, -0.2) is 14.8 Å². The SMILES string of the molecule is CCn1c(-c2cccnc2[C@H](C)OC)c2c3cc(ccc31)-c1csc(n1)C[C@H](NC(=O)[C@H](C(C)C)N(C)C(=O)[C@H]1CCN(CC#CC(=O)N3CC(F)C3)C1)C(=O)N1CCC[C@H](N1)C(=O)OCC(C)(C)C2. The first-order valence-corrected chi connectivity index (χ1v) is 25.4. The summed E-state index contributed by atoms with van der Waals surface area (Å²) in [6.45, 7) is 14.6. The number of aryl methyl sites for hydroxylation is 1. The lowest BCUT2D eigenvalue weighted by Gasteiger charge is -2.37. The molecule has 2 N–H and O–H groups in total. The zero-order valence-electron chi connectivity index (χ0n) is 41.5. The van der Waals surface area contributed by atoms with Crippen LogP contribution in [0, 0.1) is 29.1 Å². The molecule has 3 fully saturated rings. The third-order valence-corrected chi connectivity index (χ3v) is 14.9. The van der Waals surface area contributed by atoms with Crippen LogP contribution >= 0.6 is 11.3 Å². The van der Waals surface area contributed by atoms with E-state index in [1.807, 2.05) is 37.1 Å². The number of alkyl halides is 1. The second-order valence-electron chi connectivity index (χ2n) is 20.2. The zero-order valence-corrected chi connectivity index (χ0v) is 42.4. The van der Waals surface area contributed by atoms with Gasteiger partial charge in [0.15, 0.2) is 0 Å². The molecular weight excluding hydrogens is 914 g/mol. The molecule has 4 aliphatic rings. The second kappa shape index (κ2) is 21.3. The van der Waals surface area contributed by atoms with E-state index in [1.54, 1.807) is 20.4 Å². The Balaban J connectivity index is 1.08. The van der Waals surface area contributed by atoms with Gasteiger partial charge in [0.25, 0.3) is 11.8 Å². The van der Waals surface area contributed by atoms with Gasteiger partial charge in [-0.1, -0.05) is 39.7 Å². The lowest BCUT2D eigenvalue weighted by Crippen LogP contribution is -2.62. The predicted molar refractivity (Wildman–Crippen MR) is 265 cm³/mol. The summed E-state index contributed by atoms with van der Waals surface area (Å²) in [4.78, 5) is 84.2. The Labute approximate surface area is 413 Å². The third-order valence-electron chi connectivity index (χ3n) is 14.1. The summed E-state index contributed by atoms with van der Waals surface area (Å²) in [5.41, 5.74) is 9.21. The van der Waals surface area contributed by atoms with Gasteiger partial charge in [0, 0.05) is 79.2 Å². The number of pyridine rings is 1. The molecule has 18 heteroatoms. The molecule has 4 aromatic rings. The number of ether oxygens (including phenoxy) is 2.